The molecule has 0 saturated carbocycles. The van der Waals surface area contributed by atoms with Gasteiger partial charge in [-0.1, -0.05) is 36.0 Å². The average Bonchev–Trinajstić information content (AvgIpc) is 3.41. The quantitative estimate of drug-likeness (QED) is 0.635. The summed E-state index contributed by atoms with van der Waals surface area (Å²) in [4.78, 5) is 19.1. The number of amides is 1. The molecule has 4 rings (SSSR count). The number of thioether (sulfide) groups is 1. The number of nitrogens with one attached hydrogen (secondary N) is 2. The van der Waals surface area contributed by atoms with Crippen LogP contribution in [0.5, 0.6) is 0 Å². The molecule has 0 atom stereocenters. The lowest BCUT2D eigenvalue weighted by Gasteiger charge is -2.21. The lowest BCUT2D eigenvalue weighted by molar-refractivity contribution is 0.102. The van der Waals surface area contributed by atoms with Crippen LogP contribution in [0.4, 0.5) is 11.4 Å². The lowest BCUT2D eigenvalue weighted by atomic mass is 10.1. The van der Waals surface area contributed by atoms with Crippen molar-refractivity contribution in [3.63, 3.8) is 0 Å². The number of para-hydroxylation sites is 2. The van der Waals surface area contributed by atoms with Gasteiger partial charge < -0.3 is 10.2 Å². The molecular formula is C20H21N5OS. The van der Waals surface area contributed by atoms with Gasteiger partial charge in [0.05, 0.1) is 11.4 Å². The molecule has 0 bridgehead atoms. The second kappa shape index (κ2) is 8.26. The van der Waals surface area contributed by atoms with E-state index in [9.17, 15) is 4.79 Å². The number of aromatic amines is 1. The Morgan fingerprint density at radius 1 is 1.11 bits per heavy atom. The number of aromatic nitrogens is 3. The molecule has 3 aromatic rings. The number of hydrogen-bond acceptors (Lipinski definition) is 5. The largest absolute Gasteiger partial charge is 0.370 e. The fourth-order valence-electron chi connectivity index (χ4n) is 3.18. The van der Waals surface area contributed by atoms with E-state index in [1.165, 1.54) is 19.2 Å². The highest BCUT2D eigenvalue weighted by molar-refractivity contribution is 7.98. The van der Waals surface area contributed by atoms with Gasteiger partial charge in [-0.25, -0.2) is 4.98 Å². The number of rotatable bonds is 6. The van der Waals surface area contributed by atoms with E-state index in [-0.39, 0.29) is 5.91 Å². The van der Waals surface area contributed by atoms with Gasteiger partial charge in [0.1, 0.15) is 6.33 Å². The van der Waals surface area contributed by atoms with E-state index in [1.807, 2.05) is 42.5 Å². The minimum absolute atomic E-state index is 0.0870. The molecule has 2 N–H and O–H groups in total. The first-order chi connectivity index (χ1) is 13.3. The number of hydrogen-bond donors (Lipinski definition) is 2. The molecule has 2 heterocycles. The number of carbonyl (C=O) groups is 1. The minimum Gasteiger partial charge on any atom is -0.370 e. The number of anilines is 2. The zero-order valence-electron chi connectivity index (χ0n) is 14.9. The van der Waals surface area contributed by atoms with Gasteiger partial charge in [0.25, 0.3) is 5.91 Å². The standard InChI is InChI=1S/C20H21N5OS/c26-19(23-17-5-1-2-6-18(17)25-11-3-4-12-25)16-9-7-15(8-10-16)13-27-20-21-14-22-24-20/h1-2,5-10,14H,3-4,11-13H2,(H,23,26)(H,21,22,24). The van der Waals surface area contributed by atoms with Crippen molar-refractivity contribution in [3.05, 3.63) is 66.0 Å². The van der Waals surface area contributed by atoms with Crippen LogP contribution in [0.2, 0.25) is 0 Å². The molecule has 1 amide bonds. The maximum Gasteiger partial charge on any atom is 0.255 e. The van der Waals surface area contributed by atoms with E-state index in [0.29, 0.717) is 5.56 Å². The third kappa shape index (κ3) is 4.31. The topological polar surface area (TPSA) is 73.9 Å². The monoisotopic (exact) mass is 379 g/mol. The molecular weight excluding hydrogens is 358 g/mol. The van der Waals surface area contributed by atoms with Gasteiger partial charge in [-0.3, -0.25) is 9.89 Å². The number of nitrogens with zero attached hydrogens (tertiary/aromatic N) is 3. The molecule has 1 aliphatic rings. The summed E-state index contributed by atoms with van der Waals surface area (Å²) in [7, 11) is 0. The van der Waals surface area contributed by atoms with Crippen molar-refractivity contribution in [2.45, 2.75) is 23.8 Å². The second-order valence-electron chi connectivity index (χ2n) is 6.44. The molecule has 0 unspecified atom stereocenters. The van der Waals surface area contributed by atoms with Crippen LogP contribution in [0, 0.1) is 0 Å². The van der Waals surface area contributed by atoms with Gasteiger partial charge in [0.15, 0.2) is 5.16 Å². The summed E-state index contributed by atoms with van der Waals surface area (Å²) < 4.78 is 0. The Morgan fingerprint density at radius 2 is 1.89 bits per heavy atom. The van der Waals surface area contributed by atoms with Crippen LogP contribution in [0.15, 0.2) is 60.0 Å². The van der Waals surface area contributed by atoms with Crippen LogP contribution >= 0.6 is 11.8 Å². The predicted octanol–water partition coefficient (Wildman–Crippen LogP) is 3.95. The summed E-state index contributed by atoms with van der Waals surface area (Å²) >= 11 is 1.58. The maximum atomic E-state index is 12.7. The Bertz CT molecular complexity index is 889. The summed E-state index contributed by atoms with van der Waals surface area (Å²) in [6.07, 6.45) is 3.90. The normalized spacial score (nSPS) is 13.7. The van der Waals surface area contributed by atoms with E-state index in [1.54, 1.807) is 11.8 Å². The van der Waals surface area contributed by atoms with E-state index in [0.717, 1.165) is 40.9 Å². The molecule has 138 valence electrons. The van der Waals surface area contributed by atoms with Gasteiger partial charge in [0.2, 0.25) is 0 Å². The first kappa shape index (κ1) is 17.6. The molecule has 1 fully saturated rings. The Labute approximate surface area is 162 Å². The van der Waals surface area contributed by atoms with Crippen molar-refractivity contribution in [1.82, 2.24) is 15.2 Å². The first-order valence-electron chi connectivity index (χ1n) is 9.02. The zero-order valence-corrected chi connectivity index (χ0v) is 15.7. The summed E-state index contributed by atoms with van der Waals surface area (Å²) in [5.74, 6) is 0.686. The third-order valence-electron chi connectivity index (χ3n) is 4.58. The highest BCUT2D eigenvalue weighted by Gasteiger charge is 2.17. The summed E-state index contributed by atoms with van der Waals surface area (Å²) in [5.41, 5.74) is 3.75. The molecule has 1 aliphatic heterocycles. The third-order valence-corrected chi connectivity index (χ3v) is 5.53. The van der Waals surface area contributed by atoms with Gasteiger partial charge in [-0.15, -0.1) is 0 Å². The van der Waals surface area contributed by atoms with Crippen LogP contribution < -0.4 is 10.2 Å². The van der Waals surface area contributed by atoms with Crippen molar-refractivity contribution in [2.75, 3.05) is 23.3 Å². The van der Waals surface area contributed by atoms with E-state index >= 15 is 0 Å². The van der Waals surface area contributed by atoms with Crippen molar-refractivity contribution < 1.29 is 4.79 Å². The van der Waals surface area contributed by atoms with E-state index in [2.05, 4.69) is 31.5 Å². The predicted molar refractivity (Wildman–Crippen MR) is 108 cm³/mol. The SMILES string of the molecule is O=C(Nc1ccccc1N1CCCC1)c1ccc(CSc2ncn[nH]2)cc1. The summed E-state index contributed by atoms with van der Waals surface area (Å²) in [6, 6.07) is 15.7. The Balaban J connectivity index is 1.41. The molecule has 6 nitrogen and oxygen atoms in total. The van der Waals surface area contributed by atoms with Crippen LogP contribution in [0.1, 0.15) is 28.8 Å². The van der Waals surface area contributed by atoms with Gasteiger partial charge in [0, 0.05) is 24.4 Å². The fourth-order valence-corrected chi connectivity index (χ4v) is 3.91. The summed E-state index contributed by atoms with van der Waals surface area (Å²) in [5, 5.41) is 10.5. The minimum atomic E-state index is -0.0870. The highest BCUT2D eigenvalue weighted by atomic mass is 32.2. The molecule has 0 aliphatic carbocycles. The Hall–Kier alpha value is -2.80. The van der Waals surface area contributed by atoms with Crippen molar-refractivity contribution in [3.8, 4) is 0 Å². The number of benzene rings is 2. The van der Waals surface area contributed by atoms with Gasteiger partial charge >= 0.3 is 0 Å². The fraction of sp³-hybridized carbons (Fsp3) is 0.250. The van der Waals surface area contributed by atoms with Crippen LogP contribution in [0.3, 0.4) is 0 Å². The molecule has 1 saturated heterocycles. The van der Waals surface area contributed by atoms with Crippen molar-refractivity contribution in [1.29, 1.82) is 0 Å². The molecule has 1 aromatic heterocycles. The molecule has 7 heteroatoms. The maximum absolute atomic E-state index is 12.7. The Kier molecular flexibility index (Phi) is 5.39. The number of carbonyl (C=O) groups excluding carboxylic acids is 1. The Morgan fingerprint density at radius 3 is 2.63 bits per heavy atom. The molecule has 27 heavy (non-hydrogen) atoms. The van der Waals surface area contributed by atoms with Crippen LogP contribution in [-0.2, 0) is 5.75 Å². The number of H-pyrrole nitrogens is 1. The van der Waals surface area contributed by atoms with Gasteiger partial charge in [-0.05, 0) is 42.7 Å². The first-order valence-corrected chi connectivity index (χ1v) is 10.0. The van der Waals surface area contributed by atoms with Crippen molar-refractivity contribution >= 4 is 29.0 Å². The van der Waals surface area contributed by atoms with E-state index < -0.39 is 0 Å². The highest BCUT2D eigenvalue weighted by Crippen LogP contribution is 2.29. The van der Waals surface area contributed by atoms with Crippen LogP contribution in [0.25, 0.3) is 0 Å². The second-order valence-corrected chi connectivity index (χ2v) is 7.41. The average molecular weight is 379 g/mol. The molecule has 2 aromatic carbocycles. The van der Waals surface area contributed by atoms with E-state index in [4.69, 9.17) is 0 Å². The lowest BCUT2D eigenvalue weighted by Crippen LogP contribution is -2.21. The summed E-state index contributed by atoms with van der Waals surface area (Å²) in [6.45, 7) is 2.09. The zero-order chi connectivity index (χ0) is 18.5. The van der Waals surface area contributed by atoms with Crippen LogP contribution in [-0.4, -0.2) is 34.2 Å². The smallest absolute Gasteiger partial charge is 0.255 e. The molecule has 0 radical (unpaired) electrons. The molecule has 0 spiro atoms. The van der Waals surface area contributed by atoms with Crippen molar-refractivity contribution in [2.24, 2.45) is 0 Å². The van der Waals surface area contributed by atoms with Gasteiger partial charge in [-0.2, -0.15) is 5.10 Å².